The van der Waals surface area contributed by atoms with Gasteiger partial charge in [-0.1, -0.05) is 6.92 Å². The first-order chi connectivity index (χ1) is 9.60. The van der Waals surface area contributed by atoms with Crippen LogP contribution < -0.4 is 5.32 Å². The molecule has 3 heterocycles. The number of nitrogens with one attached hydrogen (secondary N) is 1. The Bertz CT molecular complexity index is 589. The number of piperidine rings is 1. The van der Waals surface area contributed by atoms with Crippen LogP contribution in [-0.2, 0) is 19.0 Å². The van der Waals surface area contributed by atoms with Crippen LogP contribution in [-0.4, -0.2) is 32.4 Å². The molecule has 1 fully saturated rings. The van der Waals surface area contributed by atoms with Gasteiger partial charge in [-0.05, 0) is 32.9 Å². The molecule has 0 bridgehead atoms. The molecule has 1 aliphatic rings. The van der Waals surface area contributed by atoms with Gasteiger partial charge in [0.25, 0.3) is 0 Å². The van der Waals surface area contributed by atoms with Crippen molar-refractivity contribution in [1.82, 2.24) is 24.6 Å². The van der Waals surface area contributed by atoms with Crippen LogP contribution in [0, 0.1) is 6.92 Å². The number of hydrogen-bond acceptors (Lipinski definition) is 3. The number of rotatable bonds is 3. The highest BCUT2D eigenvalue weighted by Gasteiger charge is 2.31. The Balaban J connectivity index is 1.88. The topological polar surface area (TPSA) is 47.7 Å². The summed E-state index contributed by atoms with van der Waals surface area (Å²) in [6.45, 7) is 7.52. The average Bonchev–Trinajstić information content (AvgIpc) is 3.02. The van der Waals surface area contributed by atoms with Crippen molar-refractivity contribution < 1.29 is 0 Å². The van der Waals surface area contributed by atoms with Crippen LogP contribution in [0.15, 0.2) is 18.7 Å². The van der Waals surface area contributed by atoms with Crippen LogP contribution >= 0.6 is 0 Å². The molecule has 3 rings (SSSR count). The number of aryl methyl sites for hydroxylation is 1. The molecule has 5 nitrogen and oxygen atoms in total. The van der Waals surface area contributed by atoms with Gasteiger partial charge in [-0.3, -0.25) is 4.68 Å². The summed E-state index contributed by atoms with van der Waals surface area (Å²) in [4.78, 5) is 4.39. The summed E-state index contributed by atoms with van der Waals surface area (Å²) >= 11 is 0. The van der Waals surface area contributed by atoms with Crippen molar-refractivity contribution in [2.45, 2.75) is 38.6 Å². The zero-order chi connectivity index (χ0) is 14.2. The van der Waals surface area contributed by atoms with Crippen LogP contribution in [0.2, 0.25) is 0 Å². The van der Waals surface area contributed by atoms with E-state index < -0.39 is 0 Å². The molecule has 0 radical (unpaired) electrons. The summed E-state index contributed by atoms with van der Waals surface area (Å²) in [5.74, 6) is 0. The first-order valence-electron chi connectivity index (χ1n) is 7.29. The van der Waals surface area contributed by atoms with Crippen LogP contribution in [0.1, 0.15) is 36.7 Å². The molecule has 1 N–H and O–H groups in total. The van der Waals surface area contributed by atoms with Crippen molar-refractivity contribution in [3.8, 4) is 0 Å². The Morgan fingerprint density at radius 1 is 1.30 bits per heavy atom. The SMILES string of the molecule is Cc1c(Cn2cncc2C2(C)CCNCC2)cnn1C. The summed E-state index contributed by atoms with van der Waals surface area (Å²) in [5, 5.41) is 7.77. The van der Waals surface area contributed by atoms with E-state index in [4.69, 9.17) is 0 Å². The van der Waals surface area contributed by atoms with Crippen LogP contribution in [0.3, 0.4) is 0 Å². The lowest BCUT2D eigenvalue weighted by Gasteiger charge is -2.34. The largest absolute Gasteiger partial charge is 0.329 e. The second kappa shape index (κ2) is 5.05. The van der Waals surface area contributed by atoms with E-state index in [1.165, 1.54) is 29.8 Å². The van der Waals surface area contributed by atoms with Crippen LogP contribution in [0.25, 0.3) is 0 Å². The quantitative estimate of drug-likeness (QED) is 0.924. The Labute approximate surface area is 120 Å². The molecule has 1 saturated heterocycles. The summed E-state index contributed by atoms with van der Waals surface area (Å²) in [6.07, 6.45) is 8.30. The molecule has 0 aromatic carbocycles. The van der Waals surface area contributed by atoms with Gasteiger partial charge in [0.05, 0.1) is 19.1 Å². The van der Waals surface area contributed by atoms with Crippen molar-refractivity contribution in [2.24, 2.45) is 7.05 Å². The summed E-state index contributed by atoms with van der Waals surface area (Å²) in [6, 6.07) is 0. The van der Waals surface area contributed by atoms with E-state index in [0.717, 1.165) is 19.6 Å². The molecule has 0 saturated carbocycles. The Morgan fingerprint density at radius 2 is 2.05 bits per heavy atom. The van der Waals surface area contributed by atoms with Gasteiger partial charge in [0.15, 0.2) is 0 Å². The summed E-state index contributed by atoms with van der Waals surface area (Å²) < 4.78 is 4.22. The van der Waals surface area contributed by atoms with Gasteiger partial charge < -0.3 is 9.88 Å². The van der Waals surface area contributed by atoms with E-state index in [0.29, 0.717) is 0 Å². The first-order valence-corrected chi connectivity index (χ1v) is 7.29. The van der Waals surface area contributed by atoms with Gasteiger partial charge in [0.1, 0.15) is 0 Å². The third kappa shape index (κ3) is 2.26. The maximum absolute atomic E-state index is 4.39. The second-order valence-electron chi connectivity index (χ2n) is 6.10. The standard InChI is InChI=1S/C15H23N5/c1-12-13(8-18-19(12)3)10-20-11-17-9-14(20)15(2)4-6-16-7-5-15/h8-9,11,16H,4-7,10H2,1-3H3. The molecule has 20 heavy (non-hydrogen) atoms. The highest BCUT2D eigenvalue weighted by molar-refractivity contribution is 5.21. The van der Waals surface area contributed by atoms with E-state index in [1.54, 1.807) is 0 Å². The zero-order valence-corrected chi connectivity index (χ0v) is 12.6. The fraction of sp³-hybridized carbons (Fsp3) is 0.600. The molecule has 1 aliphatic heterocycles. The van der Waals surface area contributed by atoms with Gasteiger partial charge in [-0.25, -0.2) is 4.98 Å². The molecule has 0 aliphatic carbocycles. The zero-order valence-electron chi connectivity index (χ0n) is 12.6. The van der Waals surface area contributed by atoms with E-state index in [-0.39, 0.29) is 5.41 Å². The van der Waals surface area contributed by atoms with Gasteiger partial charge in [-0.2, -0.15) is 5.10 Å². The maximum Gasteiger partial charge on any atom is 0.0951 e. The van der Waals surface area contributed by atoms with Crippen LogP contribution in [0.5, 0.6) is 0 Å². The number of hydrogen-bond donors (Lipinski definition) is 1. The molecule has 108 valence electrons. The normalized spacial score (nSPS) is 18.4. The molecule has 0 unspecified atom stereocenters. The molecular weight excluding hydrogens is 250 g/mol. The Hall–Kier alpha value is -1.62. The molecule has 5 heteroatoms. The minimum Gasteiger partial charge on any atom is -0.329 e. The van der Waals surface area contributed by atoms with Crippen molar-refractivity contribution in [3.63, 3.8) is 0 Å². The highest BCUT2D eigenvalue weighted by Crippen LogP contribution is 2.32. The first kappa shape index (κ1) is 13.4. The van der Waals surface area contributed by atoms with Crippen molar-refractivity contribution in [2.75, 3.05) is 13.1 Å². The highest BCUT2D eigenvalue weighted by atomic mass is 15.3. The lowest BCUT2D eigenvalue weighted by atomic mass is 9.78. The van der Waals surface area contributed by atoms with Gasteiger partial charge >= 0.3 is 0 Å². The molecule has 2 aromatic heterocycles. The van der Waals surface area contributed by atoms with Gasteiger partial charge in [-0.15, -0.1) is 0 Å². The molecule has 0 spiro atoms. The number of imidazole rings is 1. The van der Waals surface area contributed by atoms with Crippen molar-refractivity contribution >= 4 is 0 Å². The fourth-order valence-corrected chi connectivity index (χ4v) is 3.07. The van der Waals surface area contributed by atoms with E-state index >= 15 is 0 Å². The predicted molar refractivity (Wildman–Crippen MR) is 78.7 cm³/mol. The molecule has 0 amide bonds. The Morgan fingerprint density at radius 3 is 2.70 bits per heavy atom. The number of aromatic nitrogens is 4. The molecule has 2 aromatic rings. The lowest BCUT2D eigenvalue weighted by molar-refractivity contribution is 0.318. The fourth-order valence-electron chi connectivity index (χ4n) is 3.07. The maximum atomic E-state index is 4.39. The number of nitrogens with zero attached hydrogens (tertiary/aromatic N) is 4. The second-order valence-corrected chi connectivity index (χ2v) is 6.10. The predicted octanol–water partition coefficient (Wildman–Crippen LogP) is 1.61. The third-order valence-electron chi connectivity index (χ3n) is 4.72. The molecule has 0 atom stereocenters. The van der Waals surface area contributed by atoms with E-state index in [9.17, 15) is 0 Å². The minimum absolute atomic E-state index is 0.234. The van der Waals surface area contributed by atoms with Crippen molar-refractivity contribution in [1.29, 1.82) is 0 Å². The van der Waals surface area contributed by atoms with E-state index in [2.05, 4.69) is 33.8 Å². The van der Waals surface area contributed by atoms with Gasteiger partial charge in [0, 0.05) is 35.6 Å². The molecular formula is C15H23N5. The van der Waals surface area contributed by atoms with Crippen molar-refractivity contribution in [3.05, 3.63) is 35.7 Å². The smallest absolute Gasteiger partial charge is 0.0951 e. The Kier molecular flexibility index (Phi) is 3.38. The lowest BCUT2D eigenvalue weighted by Crippen LogP contribution is -2.39. The summed E-state index contributed by atoms with van der Waals surface area (Å²) in [5.41, 5.74) is 4.07. The monoisotopic (exact) mass is 273 g/mol. The third-order valence-corrected chi connectivity index (χ3v) is 4.72. The average molecular weight is 273 g/mol. The van der Waals surface area contributed by atoms with E-state index in [1.807, 2.05) is 30.5 Å². The minimum atomic E-state index is 0.234. The summed E-state index contributed by atoms with van der Waals surface area (Å²) in [7, 11) is 1.99. The van der Waals surface area contributed by atoms with Gasteiger partial charge in [0.2, 0.25) is 0 Å². The van der Waals surface area contributed by atoms with Crippen LogP contribution in [0.4, 0.5) is 0 Å².